The van der Waals surface area contributed by atoms with E-state index in [2.05, 4.69) is 9.88 Å². The summed E-state index contributed by atoms with van der Waals surface area (Å²) in [6, 6.07) is 12.7. The van der Waals surface area contributed by atoms with Crippen molar-refractivity contribution in [2.75, 3.05) is 18.8 Å². The minimum Gasteiger partial charge on any atom is -0.474 e. The molecule has 1 saturated carbocycles. The van der Waals surface area contributed by atoms with Crippen molar-refractivity contribution in [3.8, 4) is 17.0 Å². The summed E-state index contributed by atoms with van der Waals surface area (Å²) in [4.78, 5) is 7.12. The van der Waals surface area contributed by atoms with Gasteiger partial charge in [0.15, 0.2) is 0 Å². The molecule has 0 radical (unpaired) electrons. The molecule has 2 aliphatic rings. The number of nitrogens with two attached hydrogens (primary N) is 1. The maximum Gasteiger partial charge on any atom is 0.213 e. The fourth-order valence-electron chi connectivity index (χ4n) is 3.65. The number of hydrogen-bond donors (Lipinski definition) is 1. The van der Waals surface area contributed by atoms with E-state index in [1.165, 1.54) is 19.3 Å². The average Bonchev–Trinajstić information content (AvgIpc) is 2.56. The summed E-state index contributed by atoms with van der Waals surface area (Å²) >= 11 is 0. The van der Waals surface area contributed by atoms with Crippen LogP contribution in [0, 0.1) is 0 Å². The van der Waals surface area contributed by atoms with E-state index in [1.807, 2.05) is 42.6 Å². The molecule has 0 unspecified atom stereocenters. The van der Waals surface area contributed by atoms with Crippen LogP contribution in [0.3, 0.4) is 0 Å². The zero-order valence-corrected chi connectivity index (χ0v) is 14.0. The monoisotopic (exact) mass is 323 g/mol. The lowest BCUT2D eigenvalue weighted by Gasteiger charge is -2.41. The fraction of sp³-hybridized carbons (Fsp3) is 0.450. The van der Waals surface area contributed by atoms with Crippen molar-refractivity contribution in [3.63, 3.8) is 0 Å². The van der Waals surface area contributed by atoms with Crippen LogP contribution < -0.4 is 10.5 Å². The van der Waals surface area contributed by atoms with Gasteiger partial charge in [-0.25, -0.2) is 4.98 Å². The van der Waals surface area contributed by atoms with Gasteiger partial charge in [0.2, 0.25) is 5.88 Å². The van der Waals surface area contributed by atoms with Crippen molar-refractivity contribution < 1.29 is 4.74 Å². The van der Waals surface area contributed by atoms with Crippen LogP contribution in [0.1, 0.15) is 32.1 Å². The van der Waals surface area contributed by atoms with E-state index in [-0.39, 0.29) is 0 Å². The molecule has 2 fully saturated rings. The van der Waals surface area contributed by atoms with Gasteiger partial charge in [0.25, 0.3) is 0 Å². The van der Waals surface area contributed by atoms with Crippen LogP contribution in [0.25, 0.3) is 11.1 Å². The van der Waals surface area contributed by atoms with Crippen molar-refractivity contribution in [3.05, 3.63) is 42.6 Å². The maximum atomic E-state index is 6.09. The molecule has 4 rings (SSSR count). The van der Waals surface area contributed by atoms with E-state index in [9.17, 15) is 0 Å². The normalized spacial score (nSPS) is 19.8. The van der Waals surface area contributed by atoms with E-state index >= 15 is 0 Å². The largest absolute Gasteiger partial charge is 0.474 e. The summed E-state index contributed by atoms with van der Waals surface area (Å²) in [6.07, 6.45) is 8.53. The third kappa shape index (κ3) is 3.24. The molecule has 0 spiro atoms. The second kappa shape index (κ2) is 6.81. The third-order valence-electron chi connectivity index (χ3n) is 5.36. The zero-order chi connectivity index (χ0) is 16.4. The van der Waals surface area contributed by atoms with Crippen LogP contribution in [0.2, 0.25) is 0 Å². The number of aromatic nitrogens is 1. The molecule has 1 saturated heterocycles. The van der Waals surface area contributed by atoms with Crippen LogP contribution >= 0.6 is 0 Å². The van der Waals surface area contributed by atoms with Crippen LogP contribution in [0.4, 0.5) is 5.69 Å². The number of para-hydroxylation sites is 1. The third-order valence-corrected chi connectivity index (χ3v) is 5.36. The van der Waals surface area contributed by atoms with E-state index in [0.717, 1.165) is 54.7 Å². The Bertz CT molecular complexity index is 674. The van der Waals surface area contributed by atoms with Crippen molar-refractivity contribution in [2.45, 2.75) is 44.2 Å². The number of ether oxygens (including phenoxy) is 1. The number of piperidine rings is 1. The number of hydrogen-bond acceptors (Lipinski definition) is 4. The molecular formula is C20H25N3O. The van der Waals surface area contributed by atoms with E-state index in [4.69, 9.17) is 10.5 Å². The Morgan fingerprint density at radius 1 is 1.00 bits per heavy atom. The van der Waals surface area contributed by atoms with Crippen molar-refractivity contribution in [1.82, 2.24) is 9.88 Å². The molecular weight excluding hydrogens is 298 g/mol. The lowest BCUT2D eigenvalue weighted by molar-refractivity contribution is 0.0475. The van der Waals surface area contributed by atoms with Crippen LogP contribution in [0.5, 0.6) is 5.88 Å². The first-order valence-electron chi connectivity index (χ1n) is 9.01. The summed E-state index contributed by atoms with van der Waals surface area (Å²) in [5, 5.41) is 0. The van der Waals surface area contributed by atoms with Gasteiger partial charge in [-0.05, 0) is 37.8 Å². The van der Waals surface area contributed by atoms with Gasteiger partial charge >= 0.3 is 0 Å². The highest BCUT2D eigenvalue weighted by Gasteiger charge is 2.29. The Balaban J connectivity index is 1.35. The first-order valence-corrected chi connectivity index (χ1v) is 9.01. The highest BCUT2D eigenvalue weighted by molar-refractivity contribution is 5.75. The Kier molecular flexibility index (Phi) is 4.39. The van der Waals surface area contributed by atoms with Crippen LogP contribution in [-0.4, -0.2) is 35.1 Å². The molecule has 126 valence electrons. The minimum absolute atomic E-state index is 0.293. The van der Waals surface area contributed by atoms with Gasteiger partial charge in [-0.3, -0.25) is 0 Å². The summed E-state index contributed by atoms with van der Waals surface area (Å²) in [5.74, 6) is 0.718. The molecule has 1 aliphatic carbocycles. The molecule has 2 aromatic rings. The molecule has 0 bridgehead atoms. The number of rotatable bonds is 4. The summed E-state index contributed by atoms with van der Waals surface area (Å²) in [7, 11) is 0. The Hall–Kier alpha value is -2.07. The van der Waals surface area contributed by atoms with Gasteiger partial charge in [0.05, 0.1) is 0 Å². The van der Waals surface area contributed by atoms with Gasteiger partial charge in [-0.1, -0.05) is 24.6 Å². The van der Waals surface area contributed by atoms with Gasteiger partial charge in [0.1, 0.15) is 6.10 Å². The highest BCUT2D eigenvalue weighted by Crippen LogP contribution is 2.29. The second-order valence-corrected chi connectivity index (χ2v) is 6.91. The predicted molar refractivity (Wildman–Crippen MR) is 96.9 cm³/mol. The summed E-state index contributed by atoms with van der Waals surface area (Å²) < 4.78 is 6.09. The van der Waals surface area contributed by atoms with Crippen molar-refractivity contribution in [1.29, 1.82) is 0 Å². The molecule has 1 aromatic carbocycles. The van der Waals surface area contributed by atoms with Crippen molar-refractivity contribution in [2.24, 2.45) is 0 Å². The molecule has 0 amide bonds. The molecule has 4 nitrogen and oxygen atoms in total. The Morgan fingerprint density at radius 2 is 1.79 bits per heavy atom. The quantitative estimate of drug-likeness (QED) is 0.871. The van der Waals surface area contributed by atoms with Crippen LogP contribution in [0.15, 0.2) is 42.6 Å². The van der Waals surface area contributed by atoms with Crippen LogP contribution in [-0.2, 0) is 0 Å². The number of nitrogen functional groups attached to an aromatic ring is 1. The smallest absolute Gasteiger partial charge is 0.213 e. The Labute approximate surface area is 143 Å². The molecule has 2 N–H and O–H groups in total. The fourth-order valence-corrected chi connectivity index (χ4v) is 3.65. The topological polar surface area (TPSA) is 51.4 Å². The molecule has 0 atom stereocenters. The molecule has 1 aromatic heterocycles. The Morgan fingerprint density at radius 3 is 2.42 bits per heavy atom. The number of benzene rings is 1. The van der Waals surface area contributed by atoms with Gasteiger partial charge in [-0.15, -0.1) is 0 Å². The number of likely N-dealkylation sites (tertiary alicyclic amines) is 1. The first kappa shape index (κ1) is 15.5. The molecule has 24 heavy (non-hydrogen) atoms. The number of anilines is 1. The maximum absolute atomic E-state index is 6.09. The highest BCUT2D eigenvalue weighted by atomic mass is 16.5. The minimum atomic E-state index is 0.293. The van der Waals surface area contributed by atoms with Gasteiger partial charge in [0, 0.05) is 48.2 Å². The van der Waals surface area contributed by atoms with E-state index < -0.39 is 0 Å². The summed E-state index contributed by atoms with van der Waals surface area (Å²) in [5.41, 5.74) is 8.85. The molecule has 4 heteroatoms. The van der Waals surface area contributed by atoms with Gasteiger partial charge in [-0.2, -0.15) is 0 Å². The predicted octanol–water partition coefficient (Wildman–Crippen LogP) is 3.73. The average molecular weight is 323 g/mol. The van der Waals surface area contributed by atoms with E-state index in [1.54, 1.807) is 0 Å². The van der Waals surface area contributed by atoms with Gasteiger partial charge < -0.3 is 15.4 Å². The summed E-state index contributed by atoms with van der Waals surface area (Å²) in [6.45, 7) is 2.32. The SMILES string of the molecule is Nc1ccccc1-c1ccc(OC2CCN(C3CCC3)CC2)nc1. The first-order chi connectivity index (χ1) is 11.8. The molecule has 1 aliphatic heterocycles. The zero-order valence-electron chi connectivity index (χ0n) is 14.0. The van der Waals surface area contributed by atoms with E-state index in [0.29, 0.717) is 6.10 Å². The standard InChI is InChI=1S/C20H25N3O/c21-19-7-2-1-6-18(19)15-8-9-20(22-14-15)24-17-10-12-23(13-11-17)16-4-3-5-16/h1-2,6-9,14,16-17H,3-5,10-13,21H2. The lowest BCUT2D eigenvalue weighted by Crippen LogP contribution is -2.46. The molecule has 2 heterocycles. The number of nitrogens with zero attached hydrogens (tertiary/aromatic N) is 2. The van der Waals surface area contributed by atoms with Crippen molar-refractivity contribution >= 4 is 5.69 Å². The lowest BCUT2D eigenvalue weighted by atomic mass is 9.90. The second-order valence-electron chi connectivity index (χ2n) is 6.91. The number of pyridine rings is 1.